The summed E-state index contributed by atoms with van der Waals surface area (Å²) < 4.78 is 0. The van der Waals surface area contributed by atoms with E-state index in [1.165, 1.54) is 155 Å². The van der Waals surface area contributed by atoms with Crippen LogP contribution in [0.5, 0.6) is 0 Å². The van der Waals surface area contributed by atoms with Crippen molar-refractivity contribution in [3.63, 3.8) is 0 Å². The van der Waals surface area contributed by atoms with E-state index in [9.17, 15) is 0 Å². The van der Waals surface area contributed by atoms with Crippen molar-refractivity contribution in [1.82, 2.24) is 9.80 Å². The molecule has 0 atom stereocenters. The highest BCUT2D eigenvalue weighted by atomic mass is 15.1. The third-order valence-corrected chi connectivity index (χ3v) is 6.47. The first-order chi connectivity index (χ1) is 15.7. The van der Waals surface area contributed by atoms with E-state index in [1.54, 1.807) is 0 Å². The molecular formula is C30H66N2. The lowest BCUT2D eigenvalue weighted by Crippen LogP contribution is -2.27. The average Bonchev–Trinajstić information content (AvgIpc) is 2.81. The minimum absolute atomic E-state index is 1.32. The van der Waals surface area contributed by atoms with Gasteiger partial charge in [0.05, 0.1) is 0 Å². The standard InChI is InChI=1S/C18H39N.C12H27N/c1-4-7-10-13-16-19(17-14-11-8-5-2)18-15-12-9-6-3;1-4-7-10-13(11-8-5-2)12-9-6-3/h4-18H2,1-3H3;4-12H2,1-3H3. The van der Waals surface area contributed by atoms with E-state index in [4.69, 9.17) is 0 Å². The average molecular weight is 455 g/mol. The van der Waals surface area contributed by atoms with Crippen LogP contribution >= 0.6 is 0 Å². The van der Waals surface area contributed by atoms with Crippen LogP contribution in [0.3, 0.4) is 0 Å². The van der Waals surface area contributed by atoms with Crippen LogP contribution in [0.15, 0.2) is 0 Å². The number of unbranched alkanes of at least 4 members (excludes halogenated alkanes) is 12. The summed E-state index contributed by atoms with van der Waals surface area (Å²) >= 11 is 0. The minimum Gasteiger partial charge on any atom is -0.303 e. The van der Waals surface area contributed by atoms with Gasteiger partial charge in [-0.05, 0) is 77.8 Å². The van der Waals surface area contributed by atoms with Gasteiger partial charge in [0.2, 0.25) is 0 Å². The predicted molar refractivity (Wildman–Crippen MR) is 150 cm³/mol. The summed E-state index contributed by atoms with van der Waals surface area (Å²) in [4.78, 5) is 5.37. The maximum absolute atomic E-state index is 2.74. The molecule has 0 aromatic rings. The van der Waals surface area contributed by atoms with E-state index in [-0.39, 0.29) is 0 Å². The van der Waals surface area contributed by atoms with Crippen molar-refractivity contribution in [2.75, 3.05) is 39.3 Å². The maximum atomic E-state index is 2.74. The first kappa shape index (κ1) is 34.1. The SMILES string of the molecule is CCCCCCN(CCCCCC)CCCCCC.CCCCN(CCCC)CCCC. The second kappa shape index (κ2) is 30.9. The normalized spacial score (nSPS) is 11.2. The highest BCUT2D eigenvalue weighted by molar-refractivity contribution is 4.60. The molecule has 0 unspecified atom stereocenters. The highest BCUT2D eigenvalue weighted by Crippen LogP contribution is 2.08. The molecule has 196 valence electrons. The smallest absolute Gasteiger partial charge is 0.00187 e. The lowest BCUT2D eigenvalue weighted by atomic mass is 10.1. The molecule has 0 aliphatic rings. The summed E-state index contributed by atoms with van der Waals surface area (Å²) in [6, 6.07) is 0. The van der Waals surface area contributed by atoms with Gasteiger partial charge in [0.15, 0.2) is 0 Å². The van der Waals surface area contributed by atoms with Crippen LogP contribution in [0.25, 0.3) is 0 Å². The summed E-state index contributed by atoms with van der Waals surface area (Å²) in [6.45, 7) is 21.7. The lowest BCUT2D eigenvalue weighted by Gasteiger charge is -2.22. The molecule has 0 bridgehead atoms. The second-order valence-electron chi connectivity index (χ2n) is 9.93. The van der Waals surface area contributed by atoms with Crippen LogP contribution in [0, 0.1) is 0 Å². The van der Waals surface area contributed by atoms with Gasteiger partial charge in [0, 0.05) is 0 Å². The van der Waals surface area contributed by atoms with Crippen molar-refractivity contribution in [3.8, 4) is 0 Å². The summed E-state index contributed by atoms with van der Waals surface area (Å²) in [5.74, 6) is 0. The maximum Gasteiger partial charge on any atom is -0.00187 e. The van der Waals surface area contributed by atoms with Crippen LogP contribution < -0.4 is 0 Å². The van der Waals surface area contributed by atoms with E-state index in [0.29, 0.717) is 0 Å². The molecule has 0 saturated heterocycles. The predicted octanol–water partition coefficient (Wildman–Crippen LogP) is 9.72. The first-order valence-corrected chi connectivity index (χ1v) is 15.1. The molecule has 0 aliphatic heterocycles. The summed E-state index contributed by atoms with van der Waals surface area (Å²) in [5.41, 5.74) is 0. The lowest BCUT2D eigenvalue weighted by molar-refractivity contribution is 0.255. The van der Waals surface area contributed by atoms with E-state index in [2.05, 4.69) is 51.3 Å². The van der Waals surface area contributed by atoms with Crippen molar-refractivity contribution in [2.24, 2.45) is 0 Å². The fourth-order valence-electron chi connectivity index (χ4n) is 4.10. The molecule has 0 amide bonds. The molecule has 32 heavy (non-hydrogen) atoms. The first-order valence-electron chi connectivity index (χ1n) is 15.1. The van der Waals surface area contributed by atoms with E-state index in [0.717, 1.165) is 0 Å². The van der Waals surface area contributed by atoms with E-state index < -0.39 is 0 Å². The molecule has 0 heterocycles. The summed E-state index contributed by atoms with van der Waals surface area (Å²) in [7, 11) is 0. The van der Waals surface area contributed by atoms with Gasteiger partial charge in [-0.2, -0.15) is 0 Å². The molecule has 0 spiro atoms. The Morgan fingerprint density at radius 1 is 0.250 bits per heavy atom. The van der Waals surface area contributed by atoms with Gasteiger partial charge in [-0.3, -0.25) is 0 Å². The molecule has 0 aliphatic carbocycles. The Balaban J connectivity index is 0. The fourth-order valence-corrected chi connectivity index (χ4v) is 4.10. The second-order valence-corrected chi connectivity index (χ2v) is 9.93. The van der Waals surface area contributed by atoms with Crippen LogP contribution in [0.4, 0.5) is 0 Å². The van der Waals surface area contributed by atoms with Crippen molar-refractivity contribution in [1.29, 1.82) is 0 Å². The molecule has 2 nitrogen and oxygen atoms in total. The van der Waals surface area contributed by atoms with E-state index >= 15 is 0 Å². The Hall–Kier alpha value is -0.0800. The van der Waals surface area contributed by atoms with Gasteiger partial charge in [0.25, 0.3) is 0 Å². The monoisotopic (exact) mass is 455 g/mol. The number of hydrogen-bond donors (Lipinski definition) is 0. The Bertz CT molecular complexity index is 258. The van der Waals surface area contributed by atoms with Crippen molar-refractivity contribution >= 4 is 0 Å². The van der Waals surface area contributed by atoms with Crippen LogP contribution in [-0.4, -0.2) is 49.1 Å². The molecule has 0 rings (SSSR count). The van der Waals surface area contributed by atoms with Crippen molar-refractivity contribution in [2.45, 2.75) is 157 Å². The minimum atomic E-state index is 1.32. The zero-order chi connectivity index (χ0) is 24.1. The largest absolute Gasteiger partial charge is 0.303 e. The molecule has 0 aromatic heterocycles. The van der Waals surface area contributed by atoms with E-state index in [1.807, 2.05) is 0 Å². The summed E-state index contributed by atoms with van der Waals surface area (Å²) in [5, 5.41) is 0. The number of hydrogen-bond acceptors (Lipinski definition) is 2. The van der Waals surface area contributed by atoms with Gasteiger partial charge >= 0.3 is 0 Å². The molecule has 0 aromatic carbocycles. The molecule has 0 radical (unpaired) electrons. The van der Waals surface area contributed by atoms with Crippen LogP contribution in [-0.2, 0) is 0 Å². The molecule has 0 fully saturated rings. The van der Waals surface area contributed by atoms with Gasteiger partial charge in [-0.15, -0.1) is 0 Å². The third-order valence-electron chi connectivity index (χ3n) is 6.47. The topological polar surface area (TPSA) is 6.48 Å². The Kier molecular flexibility index (Phi) is 32.9. The van der Waals surface area contributed by atoms with Gasteiger partial charge in [-0.25, -0.2) is 0 Å². The molecular weight excluding hydrogens is 388 g/mol. The molecule has 0 saturated carbocycles. The van der Waals surface area contributed by atoms with Crippen molar-refractivity contribution in [3.05, 3.63) is 0 Å². The summed E-state index contributed by atoms with van der Waals surface area (Å²) in [6.07, 6.45) is 24.9. The Morgan fingerprint density at radius 3 is 0.688 bits per heavy atom. The highest BCUT2D eigenvalue weighted by Gasteiger charge is 2.04. The quantitative estimate of drug-likeness (QED) is 0.134. The third kappa shape index (κ3) is 28.0. The Morgan fingerprint density at radius 2 is 0.469 bits per heavy atom. The fraction of sp³-hybridized carbons (Fsp3) is 1.00. The van der Waals surface area contributed by atoms with Crippen LogP contribution in [0.1, 0.15) is 157 Å². The van der Waals surface area contributed by atoms with Crippen LogP contribution in [0.2, 0.25) is 0 Å². The van der Waals surface area contributed by atoms with Gasteiger partial charge < -0.3 is 9.80 Å². The molecule has 2 heteroatoms. The van der Waals surface area contributed by atoms with Crippen molar-refractivity contribution < 1.29 is 0 Å². The van der Waals surface area contributed by atoms with Gasteiger partial charge in [0.1, 0.15) is 0 Å². The number of rotatable bonds is 24. The van der Waals surface area contributed by atoms with Gasteiger partial charge in [-0.1, -0.05) is 119 Å². The molecule has 0 N–H and O–H groups in total. The zero-order valence-electron chi connectivity index (χ0n) is 23.9. The zero-order valence-corrected chi connectivity index (χ0v) is 23.9. The number of nitrogens with zero attached hydrogens (tertiary/aromatic N) is 2. The Labute approximate surface area is 206 Å².